The van der Waals surface area contributed by atoms with E-state index in [0.717, 1.165) is 24.3 Å². The monoisotopic (exact) mass is 772 g/mol. The summed E-state index contributed by atoms with van der Waals surface area (Å²) in [4.78, 5) is 14.1. The van der Waals surface area contributed by atoms with E-state index in [9.17, 15) is 71.2 Å². The van der Waals surface area contributed by atoms with Crippen LogP contribution in [0.25, 0.3) is 22.3 Å². The highest BCUT2D eigenvalue weighted by molar-refractivity contribution is 5.88. The molecule has 21 nitrogen and oxygen atoms in total. The number of aliphatic hydroxyl groups excluding tert-OH is 8. The fourth-order valence-corrected chi connectivity index (χ4v) is 6.32. The second-order valence-electron chi connectivity index (χ2n) is 13.2. The molecule has 13 N–H and O–H groups in total. The van der Waals surface area contributed by atoms with E-state index in [-0.39, 0.29) is 5.56 Å². The second-order valence-corrected chi connectivity index (χ2v) is 13.2. The summed E-state index contributed by atoms with van der Waals surface area (Å²) in [6.07, 6.45) is -25.6. The largest absolute Gasteiger partial charge is 0.508 e. The molecule has 0 radical (unpaired) electrons. The van der Waals surface area contributed by atoms with Crippen molar-refractivity contribution in [2.75, 3.05) is 6.61 Å². The quantitative estimate of drug-likeness (QED) is 0.101. The fourth-order valence-electron chi connectivity index (χ4n) is 6.32. The van der Waals surface area contributed by atoms with Crippen LogP contribution in [-0.4, -0.2) is 165 Å². The fraction of sp³-hybridized carbons (Fsp3) is 0.545. The topological polar surface area (TPSA) is 349 Å². The molecule has 1 aromatic heterocycles. The van der Waals surface area contributed by atoms with E-state index in [1.54, 1.807) is 0 Å². The van der Waals surface area contributed by atoms with Gasteiger partial charge in [-0.3, -0.25) is 4.79 Å². The number of phenols is 5. The average Bonchev–Trinajstić information content (AvgIpc) is 3.12. The zero-order valence-electron chi connectivity index (χ0n) is 28.3. The van der Waals surface area contributed by atoms with Crippen LogP contribution in [0, 0.1) is 0 Å². The SMILES string of the molecule is C[C@@H]1O[C@@H](O[C@H]2[C@@H](Oc3c(-c4cc(O)c(O)c(O)c4)oc4cc(O)cc(O)c4c3=O)O[C@H](CO[C@H]3O[C@@H](C)[C@H](O)[C@@H](O)[C@H]3O)[C@H](O)[C@H]2O)[C@H](O)[C@H](O)[C@H]1O. The van der Waals surface area contributed by atoms with Gasteiger partial charge in [0.1, 0.15) is 77.4 Å². The Morgan fingerprint density at radius 1 is 0.630 bits per heavy atom. The first-order chi connectivity index (χ1) is 25.4. The van der Waals surface area contributed by atoms with Crippen molar-refractivity contribution in [2.45, 2.75) is 106 Å². The summed E-state index contributed by atoms with van der Waals surface area (Å²) in [7, 11) is 0. The maximum absolute atomic E-state index is 14.1. The van der Waals surface area contributed by atoms with E-state index in [2.05, 4.69) is 0 Å². The molecule has 3 fully saturated rings. The minimum absolute atomic E-state index is 0.330. The molecule has 0 aliphatic carbocycles. The highest BCUT2D eigenvalue weighted by Crippen LogP contribution is 2.43. The van der Waals surface area contributed by atoms with Crippen LogP contribution in [0.2, 0.25) is 0 Å². The molecule has 298 valence electrons. The molecule has 0 spiro atoms. The van der Waals surface area contributed by atoms with E-state index < -0.39 is 155 Å². The van der Waals surface area contributed by atoms with Gasteiger partial charge in [-0.05, 0) is 26.0 Å². The normalized spacial score (nSPS) is 37.3. The molecule has 3 aliphatic heterocycles. The van der Waals surface area contributed by atoms with E-state index in [1.165, 1.54) is 13.8 Å². The second kappa shape index (κ2) is 15.2. The van der Waals surface area contributed by atoms with Crippen LogP contribution in [0.15, 0.2) is 33.5 Å². The Morgan fingerprint density at radius 3 is 1.81 bits per heavy atom. The first kappa shape index (κ1) is 39.6. The summed E-state index contributed by atoms with van der Waals surface area (Å²) in [5.74, 6) is -5.56. The van der Waals surface area contributed by atoms with Crippen molar-refractivity contribution in [2.24, 2.45) is 0 Å². The molecule has 6 rings (SSSR count). The molecule has 0 saturated carbocycles. The van der Waals surface area contributed by atoms with Gasteiger partial charge in [-0.1, -0.05) is 0 Å². The number of hydrogen-bond donors (Lipinski definition) is 13. The molecular weight excluding hydrogens is 732 g/mol. The number of hydrogen-bond acceptors (Lipinski definition) is 21. The molecule has 0 bridgehead atoms. The van der Waals surface area contributed by atoms with Gasteiger partial charge in [0, 0.05) is 17.7 Å². The molecule has 0 unspecified atom stereocenters. The van der Waals surface area contributed by atoms with Gasteiger partial charge < -0.3 is 99.2 Å². The average molecular weight is 773 g/mol. The maximum atomic E-state index is 14.1. The van der Waals surface area contributed by atoms with Gasteiger partial charge >= 0.3 is 0 Å². The third-order valence-corrected chi connectivity index (χ3v) is 9.46. The number of fused-ring (bicyclic) bond motifs is 1. The summed E-state index contributed by atoms with van der Waals surface area (Å²) in [5, 5.41) is 135. The molecule has 21 heteroatoms. The summed E-state index contributed by atoms with van der Waals surface area (Å²) in [6, 6.07) is 3.45. The third kappa shape index (κ3) is 7.22. The number of aliphatic hydroxyl groups is 8. The van der Waals surface area contributed by atoms with Gasteiger partial charge in [0.25, 0.3) is 0 Å². The van der Waals surface area contributed by atoms with Crippen molar-refractivity contribution in [1.29, 1.82) is 0 Å². The Labute approximate surface area is 303 Å². The Morgan fingerprint density at radius 2 is 1.20 bits per heavy atom. The zero-order chi connectivity index (χ0) is 39.5. The standard InChI is InChI=1S/C33H40O21/c1-8-18(38)23(43)26(46)31(49-8)48-7-16-21(41)25(45)30(54-32-27(47)24(44)19(39)9(2)50-32)33(52-16)53-29-22(42)17-12(35)5-11(34)6-15(17)51-28(29)10-3-13(36)20(40)14(37)4-10/h3-6,8-9,16,18-19,21,23-27,30-41,43-47H,7H2,1-2H3/t8-,9-,16+,18-,19-,21-,23+,24+,25+,26+,27+,30+,31-,32-,33+/m0/s1. The summed E-state index contributed by atoms with van der Waals surface area (Å²) in [5.41, 5.74) is -1.93. The number of phenolic OH excluding ortho intramolecular Hbond substituents is 5. The van der Waals surface area contributed by atoms with Gasteiger partial charge in [-0.15, -0.1) is 0 Å². The Kier molecular flexibility index (Phi) is 11.2. The Hall–Kier alpha value is -4.07. The molecule has 2 aromatic carbocycles. The minimum atomic E-state index is -2.08. The number of benzene rings is 2. The summed E-state index contributed by atoms with van der Waals surface area (Å²) >= 11 is 0. The van der Waals surface area contributed by atoms with Gasteiger partial charge in [0.05, 0.1) is 18.8 Å². The van der Waals surface area contributed by atoms with Crippen LogP contribution in [0.3, 0.4) is 0 Å². The molecule has 4 heterocycles. The van der Waals surface area contributed by atoms with Crippen molar-refractivity contribution >= 4 is 11.0 Å². The predicted octanol–water partition coefficient (Wildman–Crippen LogP) is -3.13. The van der Waals surface area contributed by atoms with E-state index in [0.29, 0.717) is 0 Å². The van der Waals surface area contributed by atoms with Crippen LogP contribution in [0.5, 0.6) is 34.5 Å². The predicted molar refractivity (Wildman–Crippen MR) is 173 cm³/mol. The highest BCUT2D eigenvalue weighted by Gasteiger charge is 2.52. The van der Waals surface area contributed by atoms with Crippen LogP contribution in [0.4, 0.5) is 0 Å². The van der Waals surface area contributed by atoms with Crippen LogP contribution < -0.4 is 10.2 Å². The first-order valence-electron chi connectivity index (χ1n) is 16.5. The molecular formula is C33H40O21. The molecule has 3 saturated heterocycles. The minimum Gasteiger partial charge on any atom is -0.508 e. The lowest BCUT2D eigenvalue weighted by Gasteiger charge is -2.46. The van der Waals surface area contributed by atoms with Crippen molar-refractivity contribution < 1.29 is 99.2 Å². The van der Waals surface area contributed by atoms with E-state index >= 15 is 0 Å². The zero-order valence-corrected chi connectivity index (χ0v) is 28.3. The lowest BCUT2D eigenvalue weighted by molar-refractivity contribution is -0.360. The van der Waals surface area contributed by atoms with Crippen molar-refractivity contribution in [1.82, 2.24) is 0 Å². The van der Waals surface area contributed by atoms with Crippen LogP contribution in [-0.2, 0) is 23.7 Å². The molecule has 54 heavy (non-hydrogen) atoms. The Balaban J connectivity index is 1.42. The summed E-state index contributed by atoms with van der Waals surface area (Å²) in [6.45, 7) is 1.99. The van der Waals surface area contributed by atoms with Crippen molar-refractivity contribution in [3.8, 4) is 45.8 Å². The molecule has 0 amide bonds. The first-order valence-corrected chi connectivity index (χ1v) is 16.5. The molecule has 3 aromatic rings. The lowest BCUT2D eigenvalue weighted by atomic mass is 9.97. The Bertz CT molecular complexity index is 1860. The van der Waals surface area contributed by atoms with Crippen LogP contribution >= 0.6 is 0 Å². The van der Waals surface area contributed by atoms with Crippen molar-refractivity contribution in [3.63, 3.8) is 0 Å². The van der Waals surface area contributed by atoms with Gasteiger partial charge in [0.2, 0.25) is 17.5 Å². The van der Waals surface area contributed by atoms with E-state index in [1.807, 2.05) is 0 Å². The van der Waals surface area contributed by atoms with Crippen LogP contribution in [0.1, 0.15) is 13.8 Å². The smallest absolute Gasteiger partial charge is 0.239 e. The van der Waals surface area contributed by atoms with E-state index in [4.69, 9.17) is 32.8 Å². The highest BCUT2D eigenvalue weighted by atomic mass is 16.8. The van der Waals surface area contributed by atoms with Gasteiger partial charge in [-0.25, -0.2) is 0 Å². The number of ether oxygens (including phenoxy) is 6. The number of rotatable bonds is 8. The van der Waals surface area contributed by atoms with Gasteiger partial charge in [-0.2, -0.15) is 0 Å². The molecule has 3 aliphatic rings. The summed E-state index contributed by atoms with van der Waals surface area (Å²) < 4.78 is 39.9. The molecule has 15 atom stereocenters. The maximum Gasteiger partial charge on any atom is 0.239 e. The van der Waals surface area contributed by atoms with Crippen molar-refractivity contribution in [3.05, 3.63) is 34.5 Å². The lowest BCUT2D eigenvalue weighted by Crippen LogP contribution is -2.65. The third-order valence-electron chi connectivity index (χ3n) is 9.46. The van der Waals surface area contributed by atoms with Gasteiger partial charge in [0.15, 0.2) is 41.7 Å². The number of aromatic hydroxyl groups is 5.